The van der Waals surface area contributed by atoms with Gasteiger partial charge in [0.1, 0.15) is 0 Å². The van der Waals surface area contributed by atoms with Crippen molar-refractivity contribution in [3.8, 4) is 0 Å². The molecule has 1 heterocycles. The fraction of sp³-hybridized carbons (Fsp3) is 0.933. The maximum absolute atomic E-state index is 12.2. The summed E-state index contributed by atoms with van der Waals surface area (Å²) < 4.78 is 24.4. The van der Waals surface area contributed by atoms with Crippen LogP contribution in [0, 0.1) is 5.92 Å². The molecule has 1 fully saturated rings. The van der Waals surface area contributed by atoms with Gasteiger partial charge in [-0.2, -0.15) is 0 Å². The minimum Gasteiger partial charge on any atom is -0.335 e. The first kappa shape index (κ1) is 20.2. The lowest BCUT2D eigenvalue weighted by molar-refractivity contribution is 0.217. The van der Waals surface area contributed by atoms with Crippen LogP contribution in [0.3, 0.4) is 0 Å². The lowest BCUT2D eigenvalue weighted by atomic mass is 10.0. The number of nitrogens with one attached hydrogen (secondary N) is 2. The minimum absolute atomic E-state index is 0.0343. The smallest absolute Gasteiger partial charge is 0.315 e. The Hall–Kier alpha value is -0.860. The number of hydrogen-bond donors (Lipinski definition) is 2. The van der Waals surface area contributed by atoms with Crippen molar-refractivity contribution in [2.75, 3.05) is 40.0 Å². The van der Waals surface area contributed by atoms with Crippen molar-refractivity contribution in [2.45, 2.75) is 45.2 Å². The minimum atomic E-state index is -3.12. The number of carbonyl (C=O) groups excluding carboxylic acids is 1. The summed E-state index contributed by atoms with van der Waals surface area (Å²) in [6.07, 6.45) is 3.47. The molecule has 23 heavy (non-hydrogen) atoms. The molecule has 7 nitrogen and oxygen atoms in total. The van der Waals surface area contributed by atoms with E-state index in [1.807, 2.05) is 14.1 Å². The SMILES string of the molecule is CC(C)CC(CN(C)C)NC(=O)NC1CCN(S(C)(=O)=O)CC1. The quantitative estimate of drug-likeness (QED) is 0.709. The summed E-state index contributed by atoms with van der Waals surface area (Å²) in [7, 11) is 0.863. The van der Waals surface area contributed by atoms with Crippen LogP contribution in [-0.4, -0.2) is 75.7 Å². The molecule has 0 aromatic rings. The number of urea groups is 1. The number of carbonyl (C=O) groups is 1. The summed E-state index contributed by atoms with van der Waals surface area (Å²) in [4.78, 5) is 14.3. The van der Waals surface area contributed by atoms with E-state index in [1.165, 1.54) is 10.6 Å². The molecule has 0 aliphatic carbocycles. The van der Waals surface area contributed by atoms with Crippen molar-refractivity contribution < 1.29 is 13.2 Å². The Morgan fingerprint density at radius 1 is 1.26 bits per heavy atom. The zero-order valence-corrected chi connectivity index (χ0v) is 15.8. The van der Waals surface area contributed by atoms with Crippen molar-refractivity contribution in [3.05, 3.63) is 0 Å². The van der Waals surface area contributed by atoms with Gasteiger partial charge in [-0.15, -0.1) is 0 Å². The lowest BCUT2D eigenvalue weighted by Gasteiger charge is -2.31. The summed E-state index contributed by atoms with van der Waals surface area (Å²) in [5.41, 5.74) is 0. The van der Waals surface area contributed by atoms with Crippen LogP contribution >= 0.6 is 0 Å². The van der Waals surface area contributed by atoms with E-state index in [-0.39, 0.29) is 18.1 Å². The third-order valence-corrected chi connectivity index (χ3v) is 5.24. The number of likely N-dealkylation sites (N-methyl/N-ethyl adjacent to an activating group) is 1. The third kappa shape index (κ3) is 7.99. The molecule has 136 valence electrons. The van der Waals surface area contributed by atoms with Gasteiger partial charge < -0.3 is 15.5 Å². The molecular weight excluding hydrogens is 316 g/mol. The van der Waals surface area contributed by atoms with E-state index >= 15 is 0 Å². The highest BCUT2D eigenvalue weighted by Gasteiger charge is 2.26. The highest BCUT2D eigenvalue weighted by atomic mass is 32.2. The molecule has 1 atom stereocenters. The topological polar surface area (TPSA) is 81.8 Å². The number of sulfonamides is 1. The second-order valence-electron chi connectivity index (χ2n) is 7.14. The summed E-state index contributed by atoms with van der Waals surface area (Å²) in [5, 5.41) is 6.02. The molecule has 0 aromatic heterocycles. The number of rotatable bonds is 7. The van der Waals surface area contributed by atoms with Gasteiger partial charge in [0.05, 0.1) is 6.26 Å². The molecule has 1 saturated heterocycles. The van der Waals surface area contributed by atoms with Gasteiger partial charge in [-0.1, -0.05) is 13.8 Å². The highest BCUT2D eigenvalue weighted by molar-refractivity contribution is 7.88. The fourth-order valence-electron chi connectivity index (χ4n) is 2.93. The van der Waals surface area contributed by atoms with Gasteiger partial charge in [0, 0.05) is 31.7 Å². The largest absolute Gasteiger partial charge is 0.335 e. The van der Waals surface area contributed by atoms with Gasteiger partial charge in [0.2, 0.25) is 10.0 Å². The predicted octanol–water partition coefficient (Wildman–Crippen LogP) is 0.686. The summed E-state index contributed by atoms with van der Waals surface area (Å²) in [6, 6.07) is -0.0107. The van der Waals surface area contributed by atoms with Gasteiger partial charge in [-0.25, -0.2) is 17.5 Å². The highest BCUT2D eigenvalue weighted by Crippen LogP contribution is 2.13. The average Bonchev–Trinajstić information content (AvgIpc) is 2.36. The maximum atomic E-state index is 12.2. The predicted molar refractivity (Wildman–Crippen MR) is 92.9 cm³/mol. The van der Waals surface area contributed by atoms with Crippen LogP contribution in [-0.2, 0) is 10.0 Å². The summed E-state index contributed by atoms with van der Waals surface area (Å²) in [6.45, 7) is 6.03. The molecule has 0 aromatic carbocycles. The molecule has 2 amide bonds. The van der Waals surface area contributed by atoms with E-state index in [0.717, 1.165) is 13.0 Å². The molecule has 0 radical (unpaired) electrons. The number of hydrogen-bond acceptors (Lipinski definition) is 4. The first-order chi connectivity index (χ1) is 10.6. The van der Waals surface area contributed by atoms with Crippen molar-refractivity contribution in [1.29, 1.82) is 0 Å². The van der Waals surface area contributed by atoms with Crippen LogP contribution in [0.15, 0.2) is 0 Å². The van der Waals surface area contributed by atoms with Crippen LogP contribution in [0.25, 0.3) is 0 Å². The second-order valence-corrected chi connectivity index (χ2v) is 9.13. The van der Waals surface area contributed by atoms with E-state index in [0.29, 0.717) is 31.8 Å². The fourth-order valence-corrected chi connectivity index (χ4v) is 3.81. The number of amides is 2. The van der Waals surface area contributed by atoms with Crippen LogP contribution in [0.2, 0.25) is 0 Å². The third-order valence-electron chi connectivity index (χ3n) is 3.93. The molecule has 1 rings (SSSR count). The Labute approximate surface area is 140 Å². The first-order valence-corrected chi connectivity index (χ1v) is 10.1. The first-order valence-electron chi connectivity index (χ1n) is 8.24. The van der Waals surface area contributed by atoms with Gasteiger partial charge in [0.15, 0.2) is 0 Å². The molecule has 1 aliphatic heterocycles. The summed E-state index contributed by atoms with van der Waals surface area (Å²) in [5.74, 6) is 0.512. The molecule has 2 N–H and O–H groups in total. The standard InChI is InChI=1S/C15H32N4O3S/c1-12(2)10-14(11-18(3)4)17-15(20)16-13-6-8-19(9-7-13)23(5,21)22/h12-14H,6-11H2,1-5H3,(H2,16,17,20). The molecule has 1 aliphatic rings. The molecule has 0 bridgehead atoms. The van der Waals surface area contributed by atoms with Crippen molar-refractivity contribution in [3.63, 3.8) is 0 Å². The molecule has 1 unspecified atom stereocenters. The summed E-state index contributed by atoms with van der Waals surface area (Å²) >= 11 is 0. The maximum Gasteiger partial charge on any atom is 0.315 e. The van der Waals surface area contributed by atoms with Crippen molar-refractivity contribution >= 4 is 16.1 Å². The molecular formula is C15H32N4O3S. The number of piperidine rings is 1. The van der Waals surface area contributed by atoms with Crippen molar-refractivity contribution in [2.24, 2.45) is 5.92 Å². The van der Waals surface area contributed by atoms with E-state index < -0.39 is 10.0 Å². The molecule has 8 heteroatoms. The van der Waals surface area contributed by atoms with Crippen LogP contribution in [0.1, 0.15) is 33.1 Å². The van der Waals surface area contributed by atoms with E-state index in [9.17, 15) is 13.2 Å². The van der Waals surface area contributed by atoms with E-state index in [2.05, 4.69) is 29.4 Å². The molecule has 0 spiro atoms. The Morgan fingerprint density at radius 3 is 2.26 bits per heavy atom. The Kier molecular flexibility index (Phi) is 7.76. The zero-order chi connectivity index (χ0) is 17.6. The lowest BCUT2D eigenvalue weighted by Crippen LogP contribution is -2.52. The van der Waals surface area contributed by atoms with Crippen LogP contribution in [0.4, 0.5) is 4.79 Å². The van der Waals surface area contributed by atoms with Crippen LogP contribution < -0.4 is 10.6 Å². The van der Waals surface area contributed by atoms with Gasteiger partial charge in [0.25, 0.3) is 0 Å². The van der Waals surface area contributed by atoms with E-state index in [1.54, 1.807) is 0 Å². The zero-order valence-electron chi connectivity index (χ0n) is 15.0. The van der Waals surface area contributed by atoms with Gasteiger partial charge >= 0.3 is 6.03 Å². The average molecular weight is 349 g/mol. The second kappa shape index (κ2) is 8.84. The van der Waals surface area contributed by atoms with Gasteiger partial charge in [-0.3, -0.25) is 0 Å². The Bertz CT molecular complexity index is 461. The number of nitrogens with zero attached hydrogens (tertiary/aromatic N) is 2. The molecule has 0 saturated carbocycles. The van der Waals surface area contributed by atoms with Gasteiger partial charge in [-0.05, 0) is 39.3 Å². The van der Waals surface area contributed by atoms with E-state index in [4.69, 9.17) is 0 Å². The van der Waals surface area contributed by atoms with Crippen LogP contribution in [0.5, 0.6) is 0 Å². The normalized spacial score (nSPS) is 19.1. The van der Waals surface area contributed by atoms with Crippen molar-refractivity contribution in [1.82, 2.24) is 19.8 Å². The Balaban J connectivity index is 2.43. The Morgan fingerprint density at radius 2 is 1.83 bits per heavy atom. The monoisotopic (exact) mass is 348 g/mol.